The van der Waals surface area contributed by atoms with Crippen molar-refractivity contribution in [2.45, 2.75) is 33.2 Å². The first-order valence-electron chi connectivity index (χ1n) is 6.59. The summed E-state index contributed by atoms with van der Waals surface area (Å²) in [5, 5.41) is 6.68. The molecule has 2 rings (SSSR count). The van der Waals surface area contributed by atoms with Gasteiger partial charge in [-0.25, -0.2) is 0 Å². The van der Waals surface area contributed by atoms with Gasteiger partial charge in [-0.2, -0.15) is 4.98 Å². The van der Waals surface area contributed by atoms with E-state index in [0.29, 0.717) is 11.4 Å². The first-order valence-corrected chi connectivity index (χ1v) is 6.59. The number of nitrogens with one attached hydrogen (secondary N) is 1. The molecule has 0 atom stereocenters. The molecule has 1 amide bonds. The van der Waals surface area contributed by atoms with Gasteiger partial charge in [-0.1, -0.05) is 5.16 Å². The minimum Gasteiger partial charge on any atom is -0.496 e. The Bertz CT molecular complexity index is 625. The number of hydrogen-bond acceptors (Lipinski definition) is 5. The maximum absolute atomic E-state index is 12.4. The number of rotatable bonds is 4. The topological polar surface area (TPSA) is 77.2 Å². The highest BCUT2D eigenvalue weighted by Gasteiger charge is 2.28. The number of aromatic nitrogens is 2. The van der Waals surface area contributed by atoms with Crippen LogP contribution in [0.5, 0.6) is 5.75 Å². The van der Waals surface area contributed by atoms with Gasteiger partial charge >= 0.3 is 0 Å². The Kier molecular flexibility index (Phi) is 3.97. The molecule has 112 valence electrons. The van der Waals surface area contributed by atoms with Gasteiger partial charge in [-0.05, 0) is 51.0 Å². The van der Waals surface area contributed by atoms with Crippen molar-refractivity contribution in [3.05, 3.63) is 41.0 Å². The Morgan fingerprint density at radius 3 is 2.38 bits per heavy atom. The molecule has 0 aliphatic carbocycles. The highest BCUT2D eigenvalue weighted by Crippen LogP contribution is 2.25. The van der Waals surface area contributed by atoms with E-state index in [1.165, 1.54) is 6.39 Å². The number of carbonyl (C=O) groups is 1. The van der Waals surface area contributed by atoms with Gasteiger partial charge in [-0.15, -0.1) is 0 Å². The second-order valence-corrected chi connectivity index (χ2v) is 5.48. The normalized spacial score (nSPS) is 11.3. The zero-order chi connectivity index (χ0) is 15.6. The summed E-state index contributed by atoms with van der Waals surface area (Å²) >= 11 is 0. The molecule has 6 nitrogen and oxygen atoms in total. The van der Waals surface area contributed by atoms with Gasteiger partial charge in [-0.3, -0.25) is 4.79 Å². The van der Waals surface area contributed by atoms with Crippen LogP contribution in [0.3, 0.4) is 0 Å². The highest BCUT2D eigenvalue weighted by atomic mass is 16.5. The van der Waals surface area contributed by atoms with Crippen LogP contribution in [-0.4, -0.2) is 23.2 Å². The highest BCUT2D eigenvalue weighted by molar-refractivity contribution is 5.95. The number of hydrogen-bond donors (Lipinski definition) is 1. The molecule has 0 aliphatic heterocycles. The van der Waals surface area contributed by atoms with Crippen LogP contribution in [0.25, 0.3) is 0 Å². The number of benzene rings is 1. The molecule has 2 aromatic rings. The molecule has 21 heavy (non-hydrogen) atoms. The summed E-state index contributed by atoms with van der Waals surface area (Å²) in [7, 11) is 1.62. The second-order valence-electron chi connectivity index (χ2n) is 5.48. The summed E-state index contributed by atoms with van der Waals surface area (Å²) in [5.74, 6) is 1.03. The molecule has 0 aliphatic rings. The van der Waals surface area contributed by atoms with Crippen LogP contribution in [-0.2, 0) is 5.54 Å². The second kappa shape index (κ2) is 5.55. The van der Waals surface area contributed by atoms with Gasteiger partial charge in [0.1, 0.15) is 5.75 Å². The zero-order valence-corrected chi connectivity index (χ0v) is 12.9. The lowest BCUT2D eigenvalue weighted by molar-refractivity contribution is 0.0907. The first kappa shape index (κ1) is 15.0. The van der Waals surface area contributed by atoms with E-state index in [0.717, 1.165) is 16.9 Å². The Hall–Kier alpha value is -2.37. The Labute approximate surface area is 123 Å². The average molecular weight is 289 g/mol. The SMILES string of the molecule is COc1c(C)cc(C(=O)NC(C)(C)c2ncon2)cc1C. The van der Waals surface area contributed by atoms with Gasteiger partial charge in [0.15, 0.2) is 5.82 Å². The maximum Gasteiger partial charge on any atom is 0.252 e. The van der Waals surface area contributed by atoms with E-state index in [9.17, 15) is 4.79 Å². The molecule has 0 saturated heterocycles. The van der Waals surface area contributed by atoms with Crippen molar-refractivity contribution in [1.29, 1.82) is 0 Å². The van der Waals surface area contributed by atoms with E-state index in [4.69, 9.17) is 9.26 Å². The minimum atomic E-state index is -0.716. The van der Waals surface area contributed by atoms with Crippen LogP contribution in [0.2, 0.25) is 0 Å². The minimum absolute atomic E-state index is 0.196. The number of ether oxygens (including phenoxy) is 1. The van der Waals surface area contributed by atoms with Gasteiger partial charge in [0.05, 0.1) is 12.6 Å². The lowest BCUT2D eigenvalue weighted by atomic mass is 10.0. The van der Waals surface area contributed by atoms with Crippen LogP contribution < -0.4 is 10.1 Å². The molecule has 6 heteroatoms. The van der Waals surface area contributed by atoms with E-state index >= 15 is 0 Å². The maximum atomic E-state index is 12.4. The van der Waals surface area contributed by atoms with Crippen LogP contribution in [0.15, 0.2) is 23.0 Å². The van der Waals surface area contributed by atoms with Crippen molar-refractivity contribution >= 4 is 5.91 Å². The predicted octanol–water partition coefficient (Wildman–Crippen LogP) is 2.36. The van der Waals surface area contributed by atoms with Crippen molar-refractivity contribution in [3.8, 4) is 5.75 Å². The number of amides is 1. The number of aryl methyl sites for hydroxylation is 2. The predicted molar refractivity (Wildman–Crippen MR) is 77.3 cm³/mol. The fourth-order valence-corrected chi connectivity index (χ4v) is 2.26. The Balaban J connectivity index is 2.25. The largest absolute Gasteiger partial charge is 0.496 e. The standard InChI is InChI=1S/C15H19N3O3/c1-9-6-11(7-10(2)12(9)20-5)13(19)17-15(3,4)14-16-8-21-18-14/h6-8H,1-5H3,(H,17,19). The Morgan fingerprint density at radius 1 is 1.29 bits per heavy atom. The fourth-order valence-electron chi connectivity index (χ4n) is 2.26. The summed E-state index contributed by atoms with van der Waals surface area (Å²) in [6, 6.07) is 3.60. The summed E-state index contributed by atoms with van der Waals surface area (Å²) in [4.78, 5) is 16.4. The third-order valence-corrected chi connectivity index (χ3v) is 3.27. The van der Waals surface area contributed by atoms with Gasteiger partial charge in [0.2, 0.25) is 6.39 Å². The average Bonchev–Trinajstić information content (AvgIpc) is 2.92. The van der Waals surface area contributed by atoms with Gasteiger partial charge in [0, 0.05) is 5.56 Å². The van der Waals surface area contributed by atoms with E-state index < -0.39 is 5.54 Å². The van der Waals surface area contributed by atoms with Crippen molar-refractivity contribution in [2.75, 3.05) is 7.11 Å². The summed E-state index contributed by atoms with van der Waals surface area (Å²) in [6.07, 6.45) is 1.24. The molecule has 1 N–H and O–H groups in total. The van der Waals surface area contributed by atoms with Crippen LogP contribution in [0.1, 0.15) is 41.2 Å². The molecular formula is C15H19N3O3. The van der Waals surface area contributed by atoms with Crippen molar-refractivity contribution in [2.24, 2.45) is 0 Å². The van der Waals surface area contributed by atoms with Crippen molar-refractivity contribution < 1.29 is 14.1 Å². The van der Waals surface area contributed by atoms with Crippen LogP contribution in [0.4, 0.5) is 0 Å². The summed E-state index contributed by atoms with van der Waals surface area (Å²) in [5.41, 5.74) is 1.69. The fraction of sp³-hybridized carbons (Fsp3) is 0.400. The molecule has 1 aromatic heterocycles. The number of carbonyl (C=O) groups excluding carboxylic acids is 1. The van der Waals surface area contributed by atoms with E-state index in [-0.39, 0.29) is 5.91 Å². The van der Waals surface area contributed by atoms with Gasteiger partial charge < -0.3 is 14.6 Å². The lowest BCUT2D eigenvalue weighted by Crippen LogP contribution is -2.41. The quantitative estimate of drug-likeness (QED) is 0.935. The molecule has 1 heterocycles. The van der Waals surface area contributed by atoms with Crippen LogP contribution >= 0.6 is 0 Å². The van der Waals surface area contributed by atoms with E-state index in [1.807, 2.05) is 27.7 Å². The molecule has 0 fully saturated rings. The van der Waals surface area contributed by atoms with Crippen LogP contribution in [0, 0.1) is 13.8 Å². The lowest BCUT2D eigenvalue weighted by Gasteiger charge is -2.22. The molecular weight excluding hydrogens is 270 g/mol. The molecule has 0 saturated carbocycles. The Morgan fingerprint density at radius 2 is 1.90 bits per heavy atom. The smallest absolute Gasteiger partial charge is 0.252 e. The summed E-state index contributed by atoms with van der Waals surface area (Å²) < 4.78 is 10.0. The molecule has 0 radical (unpaired) electrons. The third kappa shape index (κ3) is 3.04. The third-order valence-electron chi connectivity index (χ3n) is 3.27. The molecule has 1 aromatic carbocycles. The number of nitrogens with zero attached hydrogens (tertiary/aromatic N) is 2. The van der Waals surface area contributed by atoms with Gasteiger partial charge in [0.25, 0.3) is 5.91 Å². The molecule has 0 spiro atoms. The van der Waals surface area contributed by atoms with Crippen molar-refractivity contribution in [1.82, 2.24) is 15.5 Å². The van der Waals surface area contributed by atoms with E-state index in [2.05, 4.69) is 15.5 Å². The molecule has 0 bridgehead atoms. The number of methoxy groups -OCH3 is 1. The van der Waals surface area contributed by atoms with Crippen molar-refractivity contribution in [3.63, 3.8) is 0 Å². The summed E-state index contributed by atoms with van der Waals surface area (Å²) in [6.45, 7) is 7.46. The zero-order valence-electron chi connectivity index (χ0n) is 12.9. The molecule has 0 unspecified atom stereocenters. The van der Waals surface area contributed by atoms with E-state index in [1.54, 1.807) is 19.2 Å². The monoisotopic (exact) mass is 289 g/mol. The first-order chi connectivity index (χ1) is 9.85.